The molecule has 10 heavy (non-hydrogen) atoms. The maximum absolute atomic E-state index is 10.6. The second kappa shape index (κ2) is 2.45. The highest BCUT2D eigenvalue weighted by Gasteiger charge is 2.41. The zero-order valence-electron chi connectivity index (χ0n) is 6.30. The van der Waals surface area contributed by atoms with Crippen LogP contribution in [0.1, 0.15) is 20.8 Å². The molecule has 1 unspecified atom stereocenters. The van der Waals surface area contributed by atoms with Gasteiger partial charge in [0.15, 0.2) is 0 Å². The monoisotopic (exact) mass is 159 g/mol. The first-order valence-electron chi connectivity index (χ1n) is 2.90. The highest BCUT2D eigenvalue weighted by atomic mass is 28.1. The molecule has 1 atom stereocenters. The molecule has 57 valence electrons. The van der Waals surface area contributed by atoms with Crippen LogP contribution in [0.2, 0.25) is 0 Å². The number of hydrogen-bond donors (Lipinski definition) is 2. The average molecular weight is 159 g/mol. The predicted octanol–water partition coefficient (Wildman–Crippen LogP) is -0.797. The summed E-state index contributed by atoms with van der Waals surface area (Å²) < 4.78 is 0. The van der Waals surface area contributed by atoms with Crippen molar-refractivity contribution in [2.24, 2.45) is 0 Å². The van der Waals surface area contributed by atoms with Gasteiger partial charge in [-0.2, -0.15) is 0 Å². The molecule has 0 heterocycles. The Morgan fingerprint density at radius 2 is 1.60 bits per heavy atom. The van der Waals surface area contributed by atoms with E-state index in [-0.39, 0.29) is 0 Å². The lowest BCUT2D eigenvalue weighted by atomic mass is 9.89. The third-order valence-electron chi connectivity index (χ3n) is 1.63. The average Bonchev–Trinajstić information content (AvgIpc) is 1.62. The van der Waals surface area contributed by atoms with E-state index in [2.05, 4.69) is 10.2 Å². The van der Waals surface area contributed by atoms with Crippen LogP contribution >= 0.6 is 0 Å². The zero-order valence-corrected chi connectivity index (χ0v) is 7.30. The minimum Gasteiger partial charge on any atom is -0.387 e. The summed E-state index contributed by atoms with van der Waals surface area (Å²) in [6, 6.07) is 0. The summed E-state index contributed by atoms with van der Waals surface area (Å²) >= 11 is 0. The molecule has 0 saturated carbocycles. The van der Waals surface area contributed by atoms with Crippen molar-refractivity contribution in [3.8, 4) is 0 Å². The SMILES string of the molecule is CC(C)(O)C(C)(O)C(=O)[Si]. The molecule has 3 nitrogen and oxygen atoms in total. The smallest absolute Gasteiger partial charge is 0.142 e. The number of carbonyl (C=O) groups excluding carboxylic acids is 1. The minimum absolute atomic E-state index is 0.625. The molecule has 0 bridgehead atoms. The van der Waals surface area contributed by atoms with Crippen LogP contribution in [0.15, 0.2) is 0 Å². The number of aliphatic hydroxyl groups is 2. The topological polar surface area (TPSA) is 57.5 Å². The van der Waals surface area contributed by atoms with Crippen LogP contribution in [0.5, 0.6) is 0 Å². The lowest BCUT2D eigenvalue weighted by molar-refractivity contribution is -0.152. The van der Waals surface area contributed by atoms with E-state index in [0.717, 1.165) is 0 Å². The standard InChI is InChI=1S/C6H11O3Si/c1-5(2,8)6(3,9)4(7)10/h8-9H,1-3H3. The van der Waals surface area contributed by atoms with Gasteiger partial charge in [0.1, 0.15) is 21.3 Å². The molecule has 2 N–H and O–H groups in total. The Morgan fingerprint density at radius 3 is 1.60 bits per heavy atom. The van der Waals surface area contributed by atoms with E-state index in [1.54, 1.807) is 0 Å². The van der Waals surface area contributed by atoms with Crippen molar-refractivity contribution in [1.29, 1.82) is 0 Å². The molecule has 0 spiro atoms. The van der Waals surface area contributed by atoms with E-state index in [1.807, 2.05) is 0 Å². The molecule has 0 aromatic heterocycles. The zero-order chi connectivity index (χ0) is 8.58. The van der Waals surface area contributed by atoms with Gasteiger partial charge in [0.25, 0.3) is 0 Å². The molecule has 0 fully saturated rings. The second-order valence-corrected chi connectivity index (χ2v) is 3.41. The summed E-state index contributed by atoms with van der Waals surface area (Å²) in [6.45, 7) is 3.98. The van der Waals surface area contributed by atoms with Crippen molar-refractivity contribution in [2.45, 2.75) is 32.0 Å². The van der Waals surface area contributed by atoms with Crippen LogP contribution in [-0.4, -0.2) is 37.1 Å². The predicted molar refractivity (Wildman–Crippen MR) is 37.7 cm³/mol. The summed E-state index contributed by atoms with van der Waals surface area (Å²) in [4.78, 5) is 10.6. The van der Waals surface area contributed by atoms with Crippen LogP contribution in [0.3, 0.4) is 0 Å². The van der Waals surface area contributed by atoms with Crippen LogP contribution in [0.25, 0.3) is 0 Å². The Kier molecular flexibility index (Phi) is 2.40. The van der Waals surface area contributed by atoms with E-state index < -0.39 is 16.6 Å². The molecule has 4 heteroatoms. The van der Waals surface area contributed by atoms with E-state index in [4.69, 9.17) is 0 Å². The van der Waals surface area contributed by atoms with E-state index in [9.17, 15) is 15.0 Å². The first kappa shape index (κ1) is 9.81. The Balaban J connectivity index is 4.57. The highest BCUT2D eigenvalue weighted by Crippen LogP contribution is 2.20. The Labute approximate surface area is 63.5 Å². The van der Waals surface area contributed by atoms with Gasteiger partial charge in [0.2, 0.25) is 0 Å². The first-order valence-corrected chi connectivity index (χ1v) is 3.40. The number of rotatable bonds is 2. The van der Waals surface area contributed by atoms with Gasteiger partial charge in [0, 0.05) is 0 Å². The Hall–Kier alpha value is -0.193. The van der Waals surface area contributed by atoms with Gasteiger partial charge in [-0.3, -0.25) is 0 Å². The molecule has 0 aliphatic carbocycles. The van der Waals surface area contributed by atoms with Gasteiger partial charge in [-0.25, -0.2) is 0 Å². The lowest BCUT2D eigenvalue weighted by Gasteiger charge is -2.33. The maximum Gasteiger partial charge on any atom is 0.142 e. The summed E-state index contributed by atoms with van der Waals surface area (Å²) in [7, 11) is 2.63. The molecule has 0 saturated heterocycles. The summed E-state index contributed by atoms with van der Waals surface area (Å²) in [5.41, 5.74) is -3.16. The summed E-state index contributed by atoms with van der Waals surface area (Å²) in [5, 5.41) is 17.9. The van der Waals surface area contributed by atoms with E-state index >= 15 is 0 Å². The fourth-order valence-electron chi connectivity index (χ4n) is 0.278. The molecule has 0 aromatic rings. The molecule has 0 aromatic carbocycles. The van der Waals surface area contributed by atoms with Gasteiger partial charge in [-0.1, -0.05) is 0 Å². The molecule has 3 radical (unpaired) electrons. The van der Waals surface area contributed by atoms with E-state index in [0.29, 0.717) is 0 Å². The van der Waals surface area contributed by atoms with Crippen LogP contribution in [0.4, 0.5) is 0 Å². The van der Waals surface area contributed by atoms with Crippen molar-refractivity contribution in [1.82, 2.24) is 0 Å². The first-order chi connectivity index (χ1) is 4.19. The van der Waals surface area contributed by atoms with Crippen molar-refractivity contribution in [3.05, 3.63) is 0 Å². The Morgan fingerprint density at radius 1 is 1.30 bits per heavy atom. The van der Waals surface area contributed by atoms with Gasteiger partial charge in [0.05, 0.1) is 5.60 Å². The fraction of sp³-hybridized carbons (Fsp3) is 0.833. The molecule has 0 aliphatic rings. The van der Waals surface area contributed by atoms with Crippen LogP contribution in [0, 0.1) is 0 Å². The van der Waals surface area contributed by atoms with Gasteiger partial charge >= 0.3 is 0 Å². The third-order valence-corrected chi connectivity index (χ3v) is 2.12. The number of hydrogen-bond acceptors (Lipinski definition) is 3. The van der Waals surface area contributed by atoms with Gasteiger partial charge in [-0.15, -0.1) is 0 Å². The van der Waals surface area contributed by atoms with Crippen molar-refractivity contribution < 1.29 is 15.0 Å². The molecular formula is C6H11O3Si. The minimum atomic E-state index is -1.73. The molecule has 0 aliphatic heterocycles. The molecule has 0 amide bonds. The van der Waals surface area contributed by atoms with Crippen molar-refractivity contribution >= 4 is 15.6 Å². The van der Waals surface area contributed by atoms with E-state index in [1.165, 1.54) is 20.8 Å². The third kappa shape index (κ3) is 1.65. The maximum atomic E-state index is 10.6. The van der Waals surface area contributed by atoms with Gasteiger partial charge in [-0.05, 0) is 20.8 Å². The number of carbonyl (C=O) groups is 1. The summed E-state index contributed by atoms with van der Waals surface area (Å²) in [6.07, 6.45) is 0. The highest BCUT2D eigenvalue weighted by molar-refractivity contribution is 6.59. The second-order valence-electron chi connectivity index (χ2n) is 2.96. The van der Waals surface area contributed by atoms with Crippen molar-refractivity contribution in [3.63, 3.8) is 0 Å². The largest absolute Gasteiger partial charge is 0.387 e. The summed E-state index contributed by atoms with van der Waals surface area (Å²) in [5.74, 6) is 0. The van der Waals surface area contributed by atoms with Crippen LogP contribution in [-0.2, 0) is 4.79 Å². The normalized spacial score (nSPS) is 18.2. The molecule has 0 rings (SSSR count). The van der Waals surface area contributed by atoms with Crippen LogP contribution < -0.4 is 0 Å². The fourth-order valence-corrected chi connectivity index (χ4v) is 0.584. The quantitative estimate of drug-likeness (QED) is 0.519. The van der Waals surface area contributed by atoms with Gasteiger partial charge < -0.3 is 15.0 Å². The van der Waals surface area contributed by atoms with Crippen molar-refractivity contribution in [2.75, 3.05) is 0 Å². The Bertz CT molecular complexity index is 146. The lowest BCUT2D eigenvalue weighted by Crippen LogP contribution is -2.53. The molecular weight excluding hydrogens is 148 g/mol.